The van der Waals surface area contributed by atoms with Crippen LogP contribution in [0.2, 0.25) is 0 Å². The Kier molecular flexibility index (Phi) is 5.94. The summed E-state index contributed by atoms with van der Waals surface area (Å²) < 4.78 is 0. The van der Waals surface area contributed by atoms with Gasteiger partial charge >= 0.3 is 0 Å². The number of quaternary nitrogens is 1. The molecule has 23 heavy (non-hydrogen) atoms. The number of carbonyl (C=O) groups is 1. The Morgan fingerprint density at radius 1 is 1.09 bits per heavy atom. The highest BCUT2D eigenvalue weighted by molar-refractivity contribution is 5.92. The zero-order chi connectivity index (χ0) is 16.8. The van der Waals surface area contributed by atoms with E-state index in [1.54, 1.807) is 0 Å². The molecule has 1 atom stereocenters. The lowest BCUT2D eigenvalue weighted by molar-refractivity contribution is -0.692. The van der Waals surface area contributed by atoms with Gasteiger partial charge in [0, 0.05) is 17.2 Å². The number of nitrogens with one attached hydrogen (secondary N) is 1. The summed E-state index contributed by atoms with van der Waals surface area (Å²) in [6, 6.07) is 16.7. The summed E-state index contributed by atoms with van der Waals surface area (Å²) in [5.41, 5.74) is 4.47. The van der Waals surface area contributed by atoms with Gasteiger partial charge in [-0.3, -0.25) is 4.79 Å². The van der Waals surface area contributed by atoms with Crippen LogP contribution in [0, 0.1) is 19.8 Å². The predicted molar refractivity (Wildman–Crippen MR) is 95.4 cm³/mol. The first-order valence-corrected chi connectivity index (χ1v) is 8.22. The van der Waals surface area contributed by atoms with Crippen molar-refractivity contribution in [1.29, 1.82) is 0 Å². The molecule has 0 saturated carbocycles. The molecule has 3 nitrogen and oxygen atoms in total. The Labute approximate surface area is 139 Å². The monoisotopic (exact) mass is 311 g/mol. The van der Waals surface area contributed by atoms with E-state index < -0.39 is 0 Å². The summed E-state index contributed by atoms with van der Waals surface area (Å²) in [5.74, 6) is 0.504. The van der Waals surface area contributed by atoms with Crippen LogP contribution < -0.4 is 10.6 Å². The minimum absolute atomic E-state index is 0.0403. The number of aryl methyl sites for hydroxylation is 2. The van der Waals surface area contributed by atoms with E-state index in [0.717, 1.165) is 11.3 Å². The van der Waals surface area contributed by atoms with Crippen molar-refractivity contribution in [3.8, 4) is 0 Å². The number of benzene rings is 2. The van der Waals surface area contributed by atoms with Gasteiger partial charge in [0.1, 0.15) is 6.04 Å². The average Bonchev–Trinajstić information content (AvgIpc) is 2.51. The Hall–Kier alpha value is -2.13. The lowest BCUT2D eigenvalue weighted by Gasteiger charge is -2.19. The van der Waals surface area contributed by atoms with Gasteiger partial charge in [-0.2, -0.15) is 0 Å². The maximum atomic E-state index is 12.3. The van der Waals surface area contributed by atoms with Gasteiger partial charge in [0.05, 0.1) is 0 Å². The number of rotatable bonds is 6. The third kappa shape index (κ3) is 4.93. The number of anilines is 1. The normalized spacial score (nSPS) is 12.2. The van der Waals surface area contributed by atoms with Crippen molar-refractivity contribution in [1.82, 2.24) is 0 Å². The van der Waals surface area contributed by atoms with Gasteiger partial charge in [-0.25, -0.2) is 0 Å². The van der Waals surface area contributed by atoms with Gasteiger partial charge in [-0.15, -0.1) is 0 Å². The first-order chi connectivity index (χ1) is 11.0. The van der Waals surface area contributed by atoms with Crippen LogP contribution in [0.25, 0.3) is 0 Å². The summed E-state index contributed by atoms with van der Waals surface area (Å²) >= 11 is 0. The summed E-state index contributed by atoms with van der Waals surface area (Å²) in [6.45, 7) is 8.88. The van der Waals surface area contributed by atoms with E-state index in [-0.39, 0.29) is 5.91 Å². The van der Waals surface area contributed by atoms with E-state index >= 15 is 0 Å². The van der Waals surface area contributed by atoms with Crippen molar-refractivity contribution in [2.24, 2.45) is 5.92 Å². The molecule has 0 aliphatic rings. The first-order valence-electron chi connectivity index (χ1n) is 8.22. The third-order valence-electron chi connectivity index (χ3n) is 4.12. The lowest BCUT2D eigenvalue weighted by atomic mass is 9.96. The fourth-order valence-corrected chi connectivity index (χ4v) is 2.86. The van der Waals surface area contributed by atoms with Crippen LogP contribution in [0.1, 0.15) is 36.6 Å². The molecule has 0 unspecified atom stereocenters. The lowest BCUT2D eigenvalue weighted by Crippen LogP contribution is -2.88. The third-order valence-corrected chi connectivity index (χ3v) is 4.12. The molecule has 2 aromatic carbocycles. The molecule has 0 aliphatic heterocycles. The zero-order valence-electron chi connectivity index (χ0n) is 14.5. The molecule has 0 saturated heterocycles. The smallest absolute Gasteiger partial charge is 0.279 e. The molecule has 0 bridgehead atoms. The van der Waals surface area contributed by atoms with Crippen molar-refractivity contribution in [3.05, 3.63) is 65.2 Å². The fraction of sp³-hybridized carbons (Fsp3) is 0.350. The summed E-state index contributed by atoms with van der Waals surface area (Å²) in [7, 11) is 0. The van der Waals surface area contributed by atoms with Crippen LogP contribution in [-0.4, -0.2) is 12.5 Å². The van der Waals surface area contributed by atoms with E-state index in [0.29, 0.717) is 18.5 Å². The molecular formula is C20H27N2O+. The largest absolute Gasteiger partial charge is 0.332 e. The van der Waals surface area contributed by atoms with E-state index in [1.165, 1.54) is 11.1 Å². The van der Waals surface area contributed by atoms with Crippen molar-refractivity contribution in [2.45, 2.75) is 33.7 Å². The average molecular weight is 311 g/mol. The molecule has 0 aliphatic carbocycles. The Bertz CT molecular complexity index is 650. The molecule has 2 rings (SSSR count). The second-order valence-corrected chi connectivity index (χ2v) is 6.49. The highest BCUT2D eigenvalue weighted by Crippen LogP contribution is 2.17. The van der Waals surface area contributed by atoms with E-state index in [1.807, 2.05) is 37.3 Å². The number of amides is 1. The van der Waals surface area contributed by atoms with Gasteiger partial charge in [0.25, 0.3) is 5.91 Å². The highest BCUT2D eigenvalue weighted by atomic mass is 16.1. The van der Waals surface area contributed by atoms with Crippen molar-refractivity contribution in [2.75, 3.05) is 11.9 Å². The Balaban J connectivity index is 1.97. The number of nitrogens with two attached hydrogens (primary N) is 1. The molecule has 1 amide bonds. The van der Waals surface area contributed by atoms with Gasteiger partial charge in [-0.1, -0.05) is 61.9 Å². The number of hydrogen-bond acceptors (Lipinski definition) is 1. The minimum atomic E-state index is 0.0403. The first kappa shape index (κ1) is 17.2. The molecule has 3 N–H and O–H groups in total. The number of carbonyl (C=O) groups excluding carboxylic acids is 1. The maximum absolute atomic E-state index is 12.3. The second-order valence-electron chi connectivity index (χ2n) is 6.49. The summed E-state index contributed by atoms with van der Waals surface area (Å²) in [6.07, 6.45) is 0. The molecule has 3 heteroatoms. The molecular weight excluding hydrogens is 284 g/mol. The van der Waals surface area contributed by atoms with Gasteiger partial charge in [0.15, 0.2) is 6.54 Å². The van der Waals surface area contributed by atoms with Crippen LogP contribution in [0.15, 0.2) is 48.5 Å². The topological polar surface area (TPSA) is 45.7 Å². The van der Waals surface area contributed by atoms with Gasteiger partial charge < -0.3 is 10.6 Å². The van der Waals surface area contributed by atoms with Crippen molar-refractivity contribution >= 4 is 11.6 Å². The Morgan fingerprint density at radius 2 is 1.78 bits per heavy atom. The molecule has 0 spiro atoms. The molecule has 0 aromatic heterocycles. The van der Waals surface area contributed by atoms with E-state index in [4.69, 9.17) is 0 Å². The van der Waals surface area contributed by atoms with E-state index in [2.05, 4.69) is 49.6 Å². The van der Waals surface area contributed by atoms with Crippen LogP contribution in [0.5, 0.6) is 0 Å². The molecule has 2 aromatic rings. The molecule has 0 radical (unpaired) electrons. The molecule has 0 heterocycles. The maximum Gasteiger partial charge on any atom is 0.279 e. The SMILES string of the molecule is Cc1ccc(NC(=O)C[NH2+][C@@H](c2ccccc2)C(C)C)c(C)c1. The molecule has 122 valence electrons. The standard InChI is InChI=1S/C20H26N2O/c1-14(2)20(17-8-6-5-7-9-17)21-13-19(23)22-18-11-10-15(3)12-16(18)4/h5-12,14,20-21H,13H2,1-4H3,(H,22,23)/p+1/t20-/m1/s1. The minimum Gasteiger partial charge on any atom is -0.332 e. The second kappa shape index (κ2) is 7.93. The fourth-order valence-electron chi connectivity index (χ4n) is 2.86. The van der Waals surface area contributed by atoms with Crippen LogP contribution in [0.3, 0.4) is 0 Å². The predicted octanol–water partition coefficient (Wildman–Crippen LogP) is 3.20. The summed E-state index contributed by atoms with van der Waals surface area (Å²) in [5, 5.41) is 5.14. The van der Waals surface area contributed by atoms with Gasteiger partial charge in [-0.05, 0) is 25.5 Å². The van der Waals surface area contributed by atoms with Crippen LogP contribution >= 0.6 is 0 Å². The Morgan fingerprint density at radius 3 is 2.39 bits per heavy atom. The van der Waals surface area contributed by atoms with E-state index in [9.17, 15) is 4.79 Å². The highest BCUT2D eigenvalue weighted by Gasteiger charge is 2.20. The summed E-state index contributed by atoms with van der Waals surface area (Å²) in [4.78, 5) is 12.3. The van der Waals surface area contributed by atoms with Gasteiger partial charge in [0.2, 0.25) is 0 Å². The zero-order valence-corrected chi connectivity index (χ0v) is 14.5. The van der Waals surface area contributed by atoms with Crippen molar-refractivity contribution < 1.29 is 10.1 Å². The molecule has 0 fully saturated rings. The van der Waals surface area contributed by atoms with Crippen LogP contribution in [-0.2, 0) is 4.79 Å². The van der Waals surface area contributed by atoms with Crippen molar-refractivity contribution in [3.63, 3.8) is 0 Å². The van der Waals surface area contributed by atoms with Crippen LogP contribution in [0.4, 0.5) is 5.69 Å². The quantitative estimate of drug-likeness (QED) is 0.845. The number of hydrogen-bond donors (Lipinski definition) is 2.